The van der Waals surface area contributed by atoms with Crippen LogP contribution in [0.1, 0.15) is 19.3 Å². The molecule has 0 atom stereocenters. The minimum atomic E-state index is -0.138. The van der Waals surface area contributed by atoms with Crippen molar-refractivity contribution >= 4 is 6.09 Å². The zero-order valence-corrected chi connectivity index (χ0v) is 11.9. The highest BCUT2D eigenvalue weighted by molar-refractivity contribution is 5.67. The number of ether oxygens (including phenoxy) is 1. The van der Waals surface area contributed by atoms with Gasteiger partial charge in [0.25, 0.3) is 0 Å². The van der Waals surface area contributed by atoms with E-state index in [1.54, 1.807) is 0 Å². The summed E-state index contributed by atoms with van der Waals surface area (Å²) in [6.07, 6.45) is 2.75. The number of likely N-dealkylation sites (tertiary alicyclic amines) is 1. The lowest BCUT2D eigenvalue weighted by Gasteiger charge is -2.31. The second kappa shape index (κ2) is 7.07. The van der Waals surface area contributed by atoms with Gasteiger partial charge in [-0.15, -0.1) is 0 Å². The molecule has 0 aromatic rings. The highest BCUT2D eigenvalue weighted by atomic mass is 16.6. The van der Waals surface area contributed by atoms with Crippen LogP contribution in [0.15, 0.2) is 0 Å². The fourth-order valence-corrected chi connectivity index (χ4v) is 2.66. The van der Waals surface area contributed by atoms with Crippen LogP contribution in [0.3, 0.4) is 0 Å². The Morgan fingerprint density at radius 1 is 1.16 bits per heavy atom. The minimum Gasteiger partial charge on any atom is -0.446 e. The van der Waals surface area contributed by atoms with Gasteiger partial charge in [-0.05, 0) is 32.9 Å². The molecule has 2 N–H and O–H groups in total. The molecule has 0 aromatic carbocycles. The first-order valence-electron chi connectivity index (χ1n) is 7.25. The summed E-state index contributed by atoms with van der Waals surface area (Å²) in [5, 5.41) is 0. The van der Waals surface area contributed by atoms with E-state index in [2.05, 4.69) is 16.8 Å². The molecule has 2 heterocycles. The molecule has 0 radical (unpaired) electrons. The van der Waals surface area contributed by atoms with Crippen molar-refractivity contribution in [2.24, 2.45) is 5.73 Å². The maximum absolute atomic E-state index is 12.1. The molecule has 19 heavy (non-hydrogen) atoms. The lowest BCUT2D eigenvalue weighted by Crippen LogP contribution is -2.43. The Hall–Kier alpha value is -0.850. The lowest BCUT2D eigenvalue weighted by molar-refractivity contribution is 0.0297. The Kier molecular flexibility index (Phi) is 5.42. The van der Waals surface area contributed by atoms with Gasteiger partial charge in [-0.3, -0.25) is 4.90 Å². The molecule has 0 bridgehead atoms. The predicted molar refractivity (Wildman–Crippen MR) is 73.8 cm³/mol. The van der Waals surface area contributed by atoms with Gasteiger partial charge in [0.2, 0.25) is 0 Å². The topological polar surface area (TPSA) is 62.0 Å². The number of nitrogens with zero attached hydrogens (tertiary/aromatic N) is 3. The molecule has 2 aliphatic heterocycles. The number of rotatable bonds is 2. The van der Waals surface area contributed by atoms with Gasteiger partial charge in [-0.2, -0.15) is 0 Å². The number of hydrogen-bond acceptors (Lipinski definition) is 5. The van der Waals surface area contributed by atoms with Crippen molar-refractivity contribution in [3.63, 3.8) is 0 Å². The Labute approximate surface area is 115 Å². The summed E-state index contributed by atoms with van der Waals surface area (Å²) in [5.74, 6) is 0. The number of likely N-dealkylation sites (N-methyl/N-ethyl adjacent to an activating group) is 1. The zero-order chi connectivity index (χ0) is 13.7. The second-order valence-electron chi connectivity index (χ2n) is 5.53. The van der Waals surface area contributed by atoms with Crippen molar-refractivity contribution in [1.29, 1.82) is 0 Å². The number of carbonyl (C=O) groups is 1. The predicted octanol–water partition coefficient (Wildman–Crippen LogP) is 0.141. The summed E-state index contributed by atoms with van der Waals surface area (Å²) in [6.45, 7) is 6.02. The van der Waals surface area contributed by atoms with Crippen LogP contribution in [-0.2, 0) is 4.74 Å². The number of hydrogen-bond donors (Lipinski definition) is 1. The molecular weight excluding hydrogens is 244 g/mol. The summed E-state index contributed by atoms with van der Waals surface area (Å²) < 4.78 is 5.62. The Morgan fingerprint density at radius 2 is 1.89 bits per heavy atom. The number of carbonyl (C=O) groups excluding carboxylic acids is 1. The van der Waals surface area contributed by atoms with Gasteiger partial charge in [0.15, 0.2) is 0 Å². The molecule has 0 aromatic heterocycles. The fourth-order valence-electron chi connectivity index (χ4n) is 2.66. The van der Waals surface area contributed by atoms with E-state index >= 15 is 0 Å². The summed E-state index contributed by atoms with van der Waals surface area (Å²) in [5.41, 5.74) is 5.60. The Morgan fingerprint density at radius 3 is 2.58 bits per heavy atom. The van der Waals surface area contributed by atoms with Crippen LogP contribution < -0.4 is 5.73 Å². The third kappa shape index (κ3) is 4.33. The first-order chi connectivity index (χ1) is 9.19. The second-order valence-corrected chi connectivity index (χ2v) is 5.53. The minimum absolute atomic E-state index is 0.0660. The lowest BCUT2D eigenvalue weighted by atomic mass is 10.1. The third-order valence-electron chi connectivity index (χ3n) is 4.04. The van der Waals surface area contributed by atoms with Gasteiger partial charge in [0.1, 0.15) is 6.10 Å². The number of amides is 1. The highest BCUT2D eigenvalue weighted by Crippen LogP contribution is 2.14. The van der Waals surface area contributed by atoms with Gasteiger partial charge in [0, 0.05) is 39.4 Å². The molecule has 0 aliphatic carbocycles. The first-order valence-corrected chi connectivity index (χ1v) is 7.25. The van der Waals surface area contributed by atoms with Crippen molar-refractivity contribution < 1.29 is 9.53 Å². The van der Waals surface area contributed by atoms with Crippen molar-refractivity contribution in [3.8, 4) is 0 Å². The van der Waals surface area contributed by atoms with Crippen LogP contribution in [-0.4, -0.2) is 79.9 Å². The zero-order valence-electron chi connectivity index (χ0n) is 11.9. The van der Waals surface area contributed by atoms with Gasteiger partial charge >= 0.3 is 6.09 Å². The number of piperidine rings is 1. The van der Waals surface area contributed by atoms with Crippen LogP contribution in [0.25, 0.3) is 0 Å². The molecule has 110 valence electrons. The van der Waals surface area contributed by atoms with Crippen molar-refractivity contribution in [2.75, 3.05) is 53.0 Å². The van der Waals surface area contributed by atoms with E-state index in [4.69, 9.17) is 10.5 Å². The van der Waals surface area contributed by atoms with Crippen LogP contribution in [0.2, 0.25) is 0 Å². The van der Waals surface area contributed by atoms with E-state index in [9.17, 15) is 4.79 Å². The Balaban J connectivity index is 1.74. The fraction of sp³-hybridized carbons (Fsp3) is 0.923. The van der Waals surface area contributed by atoms with E-state index in [1.807, 2.05) is 4.90 Å². The average molecular weight is 270 g/mol. The smallest absolute Gasteiger partial charge is 0.410 e. The molecule has 2 fully saturated rings. The van der Waals surface area contributed by atoms with Gasteiger partial charge < -0.3 is 20.3 Å². The van der Waals surface area contributed by atoms with E-state index in [0.29, 0.717) is 6.67 Å². The SMILES string of the molecule is CN1CCCN(C(=O)OC2CCN(CN)CC2)CC1. The van der Waals surface area contributed by atoms with Gasteiger partial charge in [-0.25, -0.2) is 4.79 Å². The highest BCUT2D eigenvalue weighted by Gasteiger charge is 2.25. The maximum Gasteiger partial charge on any atom is 0.410 e. The van der Waals surface area contributed by atoms with Crippen LogP contribution in [0, 0.1) is 0 Å². The molecule has 2 saturated heterocycles. The molecule has 2 rings (SSSR count). The molecule has 6 nitrogen and oxygen atoms in total. The Bertz CT molecular complexity index is 292. The summed E-state index contributed by atoms with van der Waals surface area (Å²) in [6, 6.07) is 0. The van der Waals surface area contributed by atoms with Crippen LogP contribution in [0.5, 0.6) is 0 Å². The summed E-state index contributed by atoms with van der Waals surface area (Å²) >= 11 is 0. The quantitative estimate of drug-likeness (QED) is 0.773. The third-order valence-corrected chi connectivity index (χ3v) is 4.04. The van der Waals surface area contributed by atoms with E-state index in [-0.39, 0.29) is 12.2 Å². The number of nitrogens with two attached hydrogens (primary N) is 1. The van der Waals surface area contributed by atoms with Crippen LogP contribution in [0.4, 0.5) is 4.79 Å². The van der Waals surface area contributed by atoms with Crippen molar-refractivity contribution in [2.45, 2.75) is 25.4 Å². The molecule has 1 amide bonds. The van der Waals surface area contributed by atoms with Gasteiger partial charge in [-0.1, -0.05) is 0 Å². The van der Waals surface area contributed by atoms with Crippen molar-refractivity contribution in [3.05, 3.63) is 0 Å². The molecule has 0 saturated carbocycles. The standard InChI is InChI=1S/C13H26N4O2/c1-15-5-2-6-17(10-9-15)13(18)19-12-3-7-16(11-14)8-4-12/h12H,2-11,14H2,1H3. The average Bonchev–Trinajstić information content (AvgIpc) is 2.64. The maximum atomic E-state index is 12.1. The van der Waals surface area contributed by atoms with Crippen LogP contribution >= 0.6 is 0 Å². The van der Waals surface area contributed by atoms with Gasteiger partial charge in [0.05, 0.1) is 0 Å². The van der Waals surface area contributed by atoms with E-state index in [0.717, 1.165) is 58.5 Å². The molecule has 6 heteroatoms. The molecular formula is C13H26N4O2. The summed E-state index contributed by atoms with van der Waals surface area (Å²) in [4.78, 5) is 18.4. The monoisotopic (exact) mass is 270 g/mol. The molecule has 0 unspecified atom stereocenters. The summed E-state index contributed by atoms with van der Waals surface area (Å²) in [7, 11) is 2.09. The normalized spacial score (nSPS) is 24.2. The largest absolute Gasteiger partial charge is 0.446 e. The van der Waals surface area contributed by atoms with Crippen molar-refractivity contribution in [1.82, 2.24) is 14.7 Å². The molecule has 0 spiro atoms. The van der Waals surface area contributed by atoms with E-state index < -0.39 is 0 Å². The molecule has 2 aliphatic rings. The first kappa shape index (κ1) is 14.6. The van der Waals surface area contributed by atoms with E-state index in [1.165, 1.54) is 0 Å².